The maximum absolute atomic E-state index is 11.7. The molecule has 1 N–H and O–H groups in total. The van der Waals surface area contributed by atoms with E-state index in [0.29, 0.717) is 6.54 Å². The Morgan fingerprint density at radius 3 is 2.67 bits per heavy atom. The average Bonchev–Trinajstić information content (AvgIpc) is 2.65. The second-order valence-electron chi connectivity index (χ2n) is 3.47. The van der Waals surface area contributed by atoms with E-state index in [9.17, 15) is 8.42 Å². The van der Waals surface area contributed by atoms with Crippen molar-refractivity contribution < 1.29 is 8.42 Å². The van der Waals surface area contributed by atoms with Gasteiger partial charge in [-0.3, -0.25) is 0 Å². The molecular weight excluding hydrogens is 214 g/mol. The van der Waals surface area contributed by atoms with Crippen LogP contribution in [0, 0.1) is 0 Å². The van der Waals surface area contributed by atoms with Gasteiger partial charge in [0.2, 0.25) is 0 Å². The van der Waals surface area contributed by atoms with Crippen LogP contribution >= 0.6 is 0 Å². The molecule has 0 amide bonds. The molecule has 6 heteroatoms. The minimum atomic E-state index is -3.44. The first-order chi connectivity index (χ1) is 6.99. The Hall–Kier alpha value is -0.880. The van der Waals surface area contributed by atoms with Crippen molar-refractivity contribution >= 4 is 10.0 Å². The van der Waals surface area contributed by atoms with Gasteiger partial charge in [-0.15, -0.1) is 0 Å². The van der Waals surface area contributed by atoms with Gasteiger partial charge in [0.05, 0.1) is 6.33 Å². The van der Waals surface area contributed by atoms with Crippen LogP contribution in [-0.4, -0.2) is 24.0 Å². The van der Waals surface area contributed by atoms with Crippen LogP contribution in [0.15, 0.2) is 17.6 Å². The highest BCUT2D eigenvalue weighted by Crippen LogP contribution is 2.06. The third kappa shape index (κ3) is 3.04. The molecule has 86 valence electrons. The summed E-state index contributed by atoms with van der Waals surface area (Å²) in [6.45, 7) is 6.40. The molecule has 15 heavy (non-hydrogen) atoms. The normalized spacial score (nSPS) is 14.1. The number of hydrogen-bond acceptors (Lipinski definition) is 3. The molecule has 0 radical (unpaired) electrons. The molecule has 0 spiro atoms. The molecule has 0 fully saturated rings. The fourth-order valence-electron chi connectivity index (χ4n) is 1.06. The number of nitrogens with zero attached hydrogens (tertiary/aromatic N) is 2. The lowest BCUT2D eigenvalue weighted by Crippen LogP contribution is -2.32. The number of sulfonamides is 1. The zero-order valence-corrected chi connectivity index (χ0v) is 10.1. The molecule has 0 aliphatic carbocycles. The van der Waals surface area contributed by atoms with E-state index in [-0.39, 0.29) is 11.1 Å². The van der Waals surface area contributed by atoms with Gasteiger partial charge in [0.15, 0.2) is 5.03 Å². The topological polar surface area (TPSA) is 64.0 Å². The van der Waals surface area contributed by atoms with Crippen molar-refractivity contribution in [3.63, 3.8) is 0 Å². The summed E-state index contributed by atoms with van der Waals surface area (Å²) >= 11 is 0. The summed E-state index contributed by atoms with van der Waals surface area (Å²) in [5.41, 5.74) is 0. The van der Waals surface area contributed by atoms with Crippen molar-refractivity contribution in [2.75, 3.05) is 0 Å². The quantitative estimate of drug-likeness (QED) is 0.821. The van der Waals surface area contributed by atoms with E-state index in [0.717, 1.165) is 6.42 Å². The first kappa shape index (κ1) is 12.2. The van der Waals surface area contributed by atoms with Gasteiger partial charge in [0.25, 0.3) is 10.0 Å². The van der Waals surface area contributed by atoms with Crippen molar-refractivity contribution in [2.45, 2.75) is 44.8 Å². The van der Waals surface area contributed by atoms with Crippen LogP contribution in [0.5, 0.6) is 0 Å². The van der Waals surface area contributed by atoms with Gasteiger partial charge in [-0.05, 0) is 20.3 Å². The van der Waals surface area contributed by atoms with Crippen LogP contribution in [0.1, 0.15) is 27.2 Å². The molecule has 0 bridgehead atoms. The first-order valence-corrected chi connectivity index (χ1v) is 6.52. The fraction of sp³-hybridized carbons (Fsp3) is 0.667. The lowest BCUT2D eigenvalue weighted by molar-refractivity contribution is 0.553. The second kappa shape index (κ2) is 4.76. The van der Waals surface area contributed by atoms with E-state index in [2.05, 4.69) is 9.71 Å². The zero-order chi connectivity index (χ0) is 11.5. The van der Waals surface area contributed by atoms with E-state index >= 15 is 0 Å². The second-order valence-corrected chi connectivity index (χ2v) is 5.13. The smallest absolute Gasteiger partial charge is 0.259 e. The van der Waals surface area contributed by atoms with Gasteiger partial charge in [-0.1, -0.05) is 6.92 Å². The lowest BCUT2D eigenvalue weighted by atomic mass is 10.3. The lowest BCUT2D eigenvalue weighted by Gasteiger charge is -2.09. The van der Waals surface area contributed by atoms with Crippen molar-refractivity contribution in [1.82, 2.24) is 14.3 Å². The minimum Gasteiger partial charge on any atom is -0.336 e. The van der Waals surface area contributed by atoms with Crippen molar-refractivity contribution in [3.05, 3.63) is 12.5 Å². The molecule has 0 aliphatic rings. The summed E-state index contributed by atoms with van der Waals surface area (Å²) in [4.78, 5) is 3.86. The molecule has 0 aromatic carbocycles. The van der Waals surface area contributed by atoms with Gasteiger partial charge in [-0.2, -0.15) is 0 Å². The van der Waals surface area contributed by atoms with Crippen LogP contribution < -0.4 is 4.72 Å². The number of imidazole rings is 1. The number of rotatable bonds is 5. The Labute approximate surface area is 90.6 Å². The average molecular weight is 231 g/mol. The predicted octanol–water partition coefficient (Wildman–Crippen LogP) is 0.980. The van der Waals surface area contributed by atoms with Crippen LogP contribution in [0.3, 0.4) is 0 Å². The maximum Gasteiger partial charge on any atom is 0.259 e. The molecule has 0 saturated heterocycles. The number of hydrogen-bond donors (Lipinski definition) is 1. The summed E-state index contributed by atoms with van der Waals surface area (Å²) in [7, 11) is -3.44. The van der Waals surface area contributed by atoms with E-state index < -0.39 is 10.0 Å². The highest BCUT2D eigenvalue weighted by molar-refractivity contribution is 7.89. The Bertz CT molecular complexity index is 411. The molecule has 1 rings (SSSR count). The van der Waals surface area contributed by atoms with Gasteiger partial charge >= 0.3 is 0 Å². The molecule has 0 saturated carbocycles. The fourth-order valence-corrected chi connectivity index (χ4v) is 2.34. The standard InChI is InChI=1S/C9H17N3O2S/c1-4-8(3)11-15(13,14)9-6-12(5-2)7-10-9/h6-8,11H,4-5H2,1-3H3. The third-order valence-corrected chi connectivity index (χ3v) is 3.69. The largest absolute Gasteiger partial charge is 0.336 e. The number of aromatic nitrogens is 2. The van der Waals surface area contributed by atoms with Gasteiger partial charge in [0, 0.05) is 18.8 Å². The molecule has 5 nitrogen and oxygen atoms in total. The van der Waals surface area contributed by atoms with E-state index in [1.54, 1.807) is 4.57 Å². The highest BCUT2D eigenvalue weighted by Gasteiger charge is 2.18. The molecule has 1 aromatic rings. The predicted molar refractivity (Wildman–Crippen MR) is 58.0 cm³/mol. The molecule has 1 atom stereocenters. The SMILES string of the molecule is CCC(C)NS(=O)(=O)c1cn(CC)cn1. The monoisotopic (exact) mass is 231 g/mol. The first-order valence-electron chi connectivity index (χ1n) is 5.03. The van der Waals surface area contributed by atoms with Crippen LogP contribution in [0.25, 0.3) is 0 Å². The van der Waals surface area contributed by atoms with Gasteiger partial charge in [0.1, 0.15) is 0 Å². The summed E-state index contributed by atoms with van der Waals surface area (Å²) in [6.07, 6.45) is 3.81. The van der Waals surface area contributed by atoms with Crippen LogP contribution in [-0.2, 0) is 16.6 Å². The number of aryl methyl sites for hydroxylation is 1. The van der Waals surface area contributed by atoms with Crippen LogP contribution in [0.2, 0.25) is 0 Å². The summed E-state index contributed by atoms with van der Waals surface area (Å²) in [5.74, 6) is 0. The van der Waals surface area contributed by atoms with Gasteiger partial charge < -0.3 is 4.57 Å². The Morgan fingerprint density at radius 2 is 2.20 bits per heavy atom. The summed E-state index contributed by atoms with van der Waals surface area (Å²) in [6, 6.07) is -0.0678. The van der Waals surface area contributed by atoms with E-state index in [1.165, 1.54) is 12.5 Å². The van der Waals surface area contributed by atoms with Crippen molar-refractivity contribution in [3.8, 4) is 0 Å². The molecular formula is C9H17N3O2S. The molecule has 0 aliphatic heterocycles. The number of nitrogens with one attached hydrogen (secondary N) is 1. The molecule has 1 heterocycles. The Kier molecular flexibility index (Phi) is 3.87. The third-order valence-electron chi connectivity index (χ3n) is 2.22. The summed E-state index contributed by atoms with van der Waals surface area (Å²) in [5, 5.41) is 0.0876. The molecule has 1 aromatic heterocycles. The van der Waals surface area contributed by atoms with E-state index in [1.807, 2.05) is 20.8 Å². The minimum absolute atomic E-state index is 0.0678. The Balaban J connectivity index is 2.86. The van der Waals surface area contributed by atoms with Crippen molar-refractivity contribution in [2.24, 2.45) is 0 Å². The highest BCUT2D eigenvalue weighted by atomic mass is 32.2. The van der Waals surface area contributed by atoms with Crippen molar-refractivity contribution in [1.29, 1.82) is 0 Å². The van der Waals surface area contributed by atoms with E-state index in [4.69, 9.17) is 0 Å². The maximum atomic E-state index is 11.7. The molecule has 1 unspecified atom stereocenters. The summed E-state index contributed by atoms with van der Waals surface area (Å²) < 4.78 is 27.8. The van der Waals surface area contributed by atoms with Gasteiger partial charge in [-0.25, -0.2) is 18.1 Å². The Morgan fingerprint density at radius 1 is 1.53 bits per heavy atom. The van der Waals surface area contributed by atoms with Crippen LogP contribution in [0.4, 0.5) is 0 Å². The zero-order valence-electron chi connectivity index (χ0n) is 9.27.